The predicted molar refractivity (Wildman–Crippen MR) is 94.5 cm³/mol. The molecule has 2 heterocycles. The van der Waals surface area contributed by atoms with Crippen LogP contribution in [0.1, 0.15) is 13.3 Å². The van der Waals surface area contributed by atoms with E-state index in [1.165, 1.54) is 22.7 Å². The Labute approximate surface area is 143 Å². The first-order valence-electron chi connectivity index (χ1n) is 6.97. The van der Waals surface area contributed by atoms with Crippen LogP contribution in [0.3, 0.4) is 0 Å². The largest absolute Gasteiger partial charge is 0.294 e. The molecule has 0 saturated carbocycles. The normalized spacial score (nSPS) is 20.4. The number of para-hydroxylation sites is 1. The van der Waals surface area contributed by atoms with Gasteiger partial charge in [0.05, 0.1) is 10.9 Å². The van der Waals surface area contributed by atoms with Gasteiger partial charge in [0.2, 0.25) is 5.91 Å². The van der Waals surface area contributed by atoms with E-state index >= 15 is 0 Å². The zero-order valence-corrected chi connectivity index (χ0v) is 14.7. The number of thioether (sulfide) groups is 1. The summed E-state index contributed by atoms with van der Waals surface area (Å²) >= 11 is 2.31. The standard InChI is InChI=1S/C15H14N2O3S3/c1-2-12-14(18)17(11-7-4-3-5-8-11)15(22-12)16-23(19,20)13-9-6-10-21-13/h3-10,12H,2H2,1H3/t12-/m1/s1. The molecule has 1 saturated heterocycles. The summed E-state index contributed by atoms with van der Waals surface area (Å²) in [6.07, 6.45) is 0.616. The fourth-order valence-corrected chi connectivity index (χ4v) is 5.40. The van der Waals surface area contributed by atoms with Gasteiger partial charge in [0.15, 0.2) is 5.17 Å². The van der Waals surface area contributed by atoms with E-state index in [4.69, 9.17) is 0 Å². The van der Waals surface area contributed by atoms with Crippen molar-refractivity contribution in [3.63, 3.8) is 0 Å². The highest BCUT2D eigenvalue weighted by atomic mass is 32.2. The molecule has 1 aliphatic rings. The molecular formula is C15H14N2O3S3. The zero-order valence-electron chi connectivity index (χ0n) is 12.2. The topological polar surface area (TPSA) is 66.8 Å². The van der Waals surface area contributed by atoms with E-state index < -0.39 is 10.0 Å². The Morgan fingerprint density at radius 2 is 1.91 bits per heavy atom. The van der Waals surface area contributed by atoms with Crippen LogP contribution in [0.4, 0.5) is 5.69 Å². The summed E-state index contributed by atoms with van der Waals surface area (Å²) < 4.78 is 28.9. The monoisotopic (exact) mass is 366 g/mol. The number of benzene rings is 1. The van der Waals surface area contributed by atoms with Crippen molar-refractivity contribution < 1.29 is 13.2 Å². The third-order valence-electron chi connectivity index (χ3n) is 3.27. The van der Waals surface area contributed by atoms with Gasteiger partial charge in [-0.15, -0.1) is 15.7 Å². The molecule has 1 aromatic carbocycles. The zero-order chi connectivity index (χ0) is 16.4. The van der Waals surface area contributed by atoms with E-state index in [0.29, 0.717) is 12.1 Å². The SMILES string of the molecule is CC[C@H]1SC(=NS(=O)(=O)c2cccs2)N(c2ccccc2)C1=O. The van der Waals surface area contributed by atoms with Crippen LogP contribution < -0.4 is 4.90 Å². The smallest absolute Gasteiger partial charge is 0.273 e. The summed E-state index contributed by atoms with van der Waals surface area (Å²) in [6.45, 7) is 1.90. The lowest BCUT2D eigenvalue weighted by atomic mass is 10.2. The summed E-state index contributed by atoms with van der Waals surface area (Å²) in [7, 11) is -3.80. The molecule has 0 unspecified atom stereocenters. The molecule has 0 aliphatic carbocycles. The fraction of sp³-hybridized carbons (Fsp3) is 0.200. The molecule has 23 heavy (non-hydrogen) atoms. The number of amides is 1. The number of amidine groups is 1. The Bertz CT molecular complexity index is 830. The number of anilines is 1. The quantitative estimate of drug-likeness (QED) is 0.832. The number of hydrogen-bond acceptors (Lipinski definition) is 5. The number of carbonyl (C=O) groups excluding carboxylic acids is 1. The predicted octanol–water partition coefficient (Wildman–Crippen LogP) is 3.35. The highest BCUT2D eigenvalue weighted by Gasteiger charge is 2.39. The molecule has 1 amide bonds. The number of nitrogens with zero attached hydrogens (tertiary/aromatic N) is 2. The molecule has 5 nitrogen and oxygen atoms in total. The summed E-state index contributed by atoms with van der Waals surface area (Å²) in [5.74, 6) is -0.135. The maximum Gasteiger partial charge on any atom is 0.294 e. The van der Waals surface area contributed by atoms with Crippen molar-refractivity contribution in [3.8, 4) is 0 Å². The second-order valence-electron chi connectivity index (χ2n) is 4.80. The van der Waals surface area contributed by atoms with Gasteiger partial charge in [-0.3, -0.25) is 9.69 Å². The Hall–Kier alpha value is -1.64. The van der Waals surface area contributed by atoms with Gasteiger partial charge in [-0.25, -0.2) is 0 Å². The summed E-state index contributed by atoms with van der Waals surface area (Å²) in [5, 5.41) is 1.58. The third-order valence-corrected chi connectivity index (χ3v) is 7.33. The second kappa shape index (κ2) is 6.46. The number of thiophene rings is 1. The molecule has 0 radical (unpaired) electrons. The molecule has 1 fully saturated rings. The van der Waals surface area contributed by atoms with Gasteiger partial charge in [-0.1, -0.05) is 43.0 Å². The van der Waals surface area contributed by atoms with Crippen LogP contribution in [-0.2, 0) is 14.8 Å². The molecule has 0 bridgehead atoms. The third kappa shape index (κ3) is 3.19. The summed E-state index contributed by atoms with van der Waals surface area (Å²) in [6, 6.07) is 12.2. The highest BCUT2D eigenvalue weighted by Crippen LogP contribution is 2.34. The van der Waals surface area contributed by atoms with Crippen LogP contribution in [0, 0.1) is 0 Å². The van der Waals surface area contributed by atoms with Gasteiger partial charge in [0.1, 0.15) is 4.21 Å². The molecule has 8 heteroatoms. The van der Waals surface area contributed by atoms with Gasteiger partial charge >= 0.3 is 0 Å². The van der Waals surface area contributed by atoms with Crippen molar-refractivity contribution in [2.75, 3.05) is 4.90 Å². The van der Waals surface area contributed by atoms with Crippen molar-refractivity contribution in [2.45, 2.75) is 22.8 Å². The second-order valence-corrected chi connectivity index (χ2v) is 8.75. The average Bonchev–Trinajstić information content (AvgIpc) is 3.17. The lowest BCUT2D eigenvalue weighted by molar-refractivity contribution is -0.116. The van der Waals surface area contributed by atoms with Gasteiger partial charge in [0, 0.05) is 0 Å². The Morgan fingerprint density at radius 1 is 1.17 bits per heavy atom. The minimum Gasteiger partial charge on any atom is -0.273 e. The Morgan fingerprint density at radius 3 is 2.52 bits per heavy atom. The molecule has 1 aromatic heterocycles. The van der Waals surface area contributed by atoms with Crippen LogP contribution in [0.15, 0.2) is 56.5 Å². The van der Waals surface area contributed by atoms with Gasteiger partial charge in [-0.2, -0.15) is 8.42 Å². The van der Waals surface area contributed by atoms with E-state index in [-0.39, 0.29) is 20.5 Å². The van der Waals surface area contributed by atoms with Crippen molar-refractivity contribution in [2.24, 2.45) is 4.40 Å². The average molecular weight is 366 g/mol. The number of sulfonamides is 1. The van der Waals surface area contributed by atoms with E-state index in [9.17, 15) is 13.2 Å². The first-order chi connectivity index (χ1) is 11.0. The summed E-state index contributed by atoms with van der Waals surface area (Å²) in [4.78, 5) is 13.9. The number of hydrogen-bond donors (Lipinski definition) is 0. The van der Waals surface area contributed by atoms with E-state index in [1.54, 1.807) is 35.7 Å². The van der Waals surface area contributed by atoms with Crippen LogP contribution in [0.5, 0.6) is 0 Å². The van der Waals surface area contributed by atoms with E-state index in [2.05, 4.69) is 4.40 Å². The fourth-order valence-electron chi connectivity index (χ4n) is 2.16. The van der Waals surface area contributed by atoms with Crippen LogP contribution in [-0.4, -0.2) is 24.7 Å². The van der Waals surface area contributed by atoms with Crippen LogP contribution >= 0.6 is 23.1 Å². The first kappa shape index (κ1) is 16.2. The lowest BCUT2D eigenvalue weighted by Crippen LogP contribution is -2.32. The molecule has 3 rings (SSSR count). The Kier molecular flexibility index (Phi) is 4.56. The van der Waals surface area contributed by atoms with Crippen LogP contribution in [0.25, 0.3) is 0 Å². The van der Waals surface area contributed by atoms with Crippen molar-refractivity contribution >= 4 is 49.9 Å². The lowest BCUT2D eigenvalue weighted by Gasteiger charge is -2.15. The maximum atomic E-state index is 12.6. The van der Waals surface area contributed by atoms with Gasteiger partial charge in [-0.05, 0) is 30.0 Å². The van der Waals surface area contributed by atoms with E-state index in [0.717, 1.165) is 11.3 Å². The van der Waals surface area contributed by atoms with Gasteiger partial charge < -0.3 is 0 Å². The number of carbonyl (C=O) groups is 1. The first-order valence-corrected chi connectivity index (χ1v) is 10.2. The van der Waals surface area contributed by atoms with Crippen molar-refractivity contribution in [1.29, 1.82) is 0 Å². The molecular weight excluding hydrogens is 352 g/mol. The molecule has 1 aliphatic heterocycles. The molecule has 1 atom stereocenters. The summed E-state index contributed by atoms with van der Waals surface area (Å²) in [5.41, 5.74) is 0.626. The molecule has 0 spiro atoms. The molecule has 120 valence electrons. The van der Waals surface area contributed by atoms with E-state index in [1.807, 2.05) is 13.0 Å². The molecule has 0 N–H and O–H groups in total. The van der Waals surface area contributed by atoms with Crippen molar-refractivity contribution in [1.82, 2.24) is 0 Å². The van der Waals surface area contributed by atoms with Crippen molar-refractivity contribution in [3.05, 3.63) is 47.8 Å². The highest BCUT2D eigenvalue weighted by molar-refractivity contribution is 8.16. The minimum absolute atomic E-state index is 0.135. The van der Waals surface area contributed by atoms with Gasteiger partial charge in [0.25, 0.3) is 10.0 Å². The van der Waals surface area contributed by atoms with Crippen LogP contribution in [0.2, 0.25) is 0 Å². The Balaban J connectivity index is 2.05. The maximum absolute atomic E-state index is 12.6. The minimum atomic E-state index is -3.80. The number of rotatable bonds is 4. The molecule has 2 aromatic rings.